The van der Waals surface area contributed by atoms with Crippen molar-refractivity contribution in [3.8, 4) is 90.4 Å². The zero-order valence-electron chi connectivity index (χ0n) is 71.2. The minimum atomic E-state index is -0.168. The summed E-state index contributed by atoms with van der Waals surface area (Å²) < 4.78 is 31.2. The molecule has 0 fully saturated rings. The summed E-state index contributed by atoms with van der Waals surface area (Å²) in [5.74, 6) is 1.98. The molecule has 125 heavy (non-hydrogen) atoms. The van der Waals surface area contributed by atoms with Crippen LogP contribution in [0.3, 0.4) is 0 Å². The Bertz CT molecular complexity index is 7140. The molecule has 0 unspecified atom stereocenters. The molecule has 0 bridgehead atoms. The third kappa shape index (κ3) is 16.6. The van der Waals surface area contributed by atoms with Crippen LogP contribution >= 0.6 is 0 Å². The number of aromatic nitrogens is 25. The van der Waals surface area contributed by atoms with Crippen molar-refractivity contribution >= 4 is 56.0 Å². The third-order valence-corrected chi connectivity index (χ3v) is 21.6. The largest absolute Gasteiger partial charge is 0.467 e. The van der Waals surface area contributed by atoms with E-state index < -0.39 is 0 Å². The number of pyridine rings is 6. The molecule has 2 N–H and O–H groups in total. The number of ether oxygens (including phenoxy) is 1. The van der Waals surface area contributed by atoms with Gasteiger partial charge < -0.3 is 42.3 Å². The highest BCUT2D eigenvalue weighted by Gasteiger charge is 2.28. The standard InChI is InChI=1S/C24H19N7O.C24H22N6O.C23H23N7O2.C22H21N7O/c1-14-22(16(3)32-30-14)21-12-28-23-19(17-7-8-18(10-25)27-11-17)13-31(24(23)29-21)15(2)20-6-4-5-9-26-20;1-14-8-9-18(11-26-14)19-13-30(16(3)20-7-5-6-10-25-20)24-23(19)27-12-21(28-24)22-15(2)29-31-17(22)4;1-13(24)20(15(3)31)19-11-26-21-17(16-9-27-23(32-4)28-10-16)12-30(22(21)29-19)14(2)18-7-5-6-8-25-18;1-13-20(15(3)30-27-13)19-10-24-21-17(16-9-25-28(4)11-16)12-29(22(21)26-19)14(2)18-7-5-6-8-23-18/h4-9,11-13,15H,1-3H3;5-13,16H,1-4H3;5-12,14H,24H2,1-4H3;5-12,14H,1-4H3/t15-;16-;2*14-/m0000/s1. The molecule has 19 heterocycles. The summed E-state index contributed by atoms with van der Waals surface area (Å²) in [5, 5.41) is 25.6. The topological polar surface area (TPSA) is 398 Å². The smallest absolute Gasteiger partial charge is 0.316 e. The Balaban J connectivity index is 0.000000123. The molecule has 0 aliphatic carbocycles. The fraction of sp³-hybridized carbons (Fsp3) is 0.204. The fourth-order valence-electron chi connectivity index (χ4n) is 15.2. The molecule has 32 nitrogen and oxygen atoms in total. The van der Waals surface area contributed by atoms with Crippen LogP contribution in [-0.2, 0) is 11.8 Å². The van der Waals surface area contributed by atoms with Crippen molar-refractivity contribution in [2.45, 2.75) is 114 Å². The van der Waals surface area contributed by atoms with Crippen molar-refractivity contribution in [1.82, 2.24) is 123 Å². The van der Waals surface area contributed by atoms with Crippen molar-refractivity contribution in [3.63, 3.8) is 0 Å². The zero-order valence-corrected chi connectivity index (χ0v) is 71.2. The number of hydrogen-bond donors (Lipinski definition) is 1. The Hall–Kier alpha value is -16.2. The highest BCUT2D eigenvalue weighted by Crippen LogP contribution is 2.40. The highest BCUT2D eigenvalue weighted by atomic mass is 16.5. The predicted octanol–water partition coefficient (Wildman–Crippen LogP) is 17.0. The van der Waals surface area contributed by atoms with Gasteiger partial charge in [0.25, 0.3) is 0 Å². The molecule has 0 aliphatic heterocycles. The van der Waals surface area contributed by atoms with E-state index in [-0.39, 0.29) is 36.0 Å². The van der Waals surface area contributed by atoms with Gasteiger partial charge in [0.05, 0.1) is 147 Å². The van der Waals surface area contributed by atoms with Gasteiger partial charge in [-0.05, 0) is 157 Å². The number of carbonyl (C=O) groups excluding carboxylic acids is 1. The Morgan fingerprint density at radius 2 is 0.784 bits per heavy atom. The minimum absolute atomic E-state index is 0.0201. The lowest BCUT2D eigenvalue weighted by atomic mass is 10.1. The van der Waals surface area contributed by atoms with Gasteiger partial charge >= 0.3 is 6.01 Å². The van der Waals surface area contributed by atoms with E-state index in [1.807, 2.05) is 189 Å². The first-order chi connectivity index (χ1) is 60.5. The Kier molecular flexibility index (Phi) is 23.3. The van der Waals surface area contributed by atoms with Crippen molar-refractivity contribution in [3.05, 3.63) is 289 Å². The van der Waals surface area contributed by atoms with Gasteiger partial charge in [0.2, 0.25) is 0 Å². The lowest BCUT2D eigenvalue weighted by molar-refractivity contribution is -0.111. The van der Waals surface area contributed by atoms with E-state index in [1.54, 1.807) is 79.6 Å². The monoisotopic (exact) mass is 1660 g/mol. The molecule has 32 heteroatoms. The number of nitrogens with zero attached hydrogens (tertiary/aromatic N) is 26. The second-order valence-electron chi connectivity index (χ2n) is 30.0. The van der Waals surface area contributed by atoms with Crippen molar-refractivity contribution in [1.29, 1.82) is 5.26 Å². The van der Waals surface area contributed by atoms with Crippen LogP contribution in [0, 0.1) is 59.8 Å². The Labute approximate surface area is 716 Å². The van der Waals surface area contributed by atoms with Crippen molar-refractivity contribution in [2.24, 2.45) is 12.8 Å². The number of carbonyl (C=O) groups is 1. The average molecular weight is 1660 g/mol. The first kappa shape index (κ1) is 82.5. The van der Waals surface area contributed by atoms with Gasteiger partial charge in [-0.2, -0.15) is 10.4 Å². The van der Waals surface area contributed by atoms with Gasteiger partial charge in [0.1, 0.15) is 51.1 Å². The van der Waals surface area contributed by atoms with Crippen LogP contribution in [-0.4, -0.2) is 136 Å². The van der Waals surface area contributed by atoms with Crippen LogP contribution in [0.1, 0.15) is 140 Å². The molecule has 622 valence electrons. The maximum absolute atomic E-state index is 12.2. The van der Waals surface area contributed by atoms with Gasteiger partial charge in [-0.25, -0.2) is 54.8 Å². The van der Waals surface area contributed by atoms with E-state index in [4.69, 9.17) is 64.2 Å². The highest BCUT2D eigenvalue weighted by molar-refractivity contribution is 6.20. The molecule has 19 aromatic rings. The number of ketones is 1. The SMILES string of the molecule is COc1ncc(-c2cn([C@@H](C)c3ccccn3)c3nc(C(C(C)=O)=C(C)N)cnc23)cn1.Cc1ccc(-c2cn([C@@H](C)c3ccccn3)c3nc(-c4c(C)noc4C)cnc23)cn1.Cc1noc(C)c1-c1cnc2c(-c3ccc(C#N)nc3)cn([C@@H](C)c3ccccn3)c2n1.Cc1noc(C)c1-c1cnc2c(-c3cnn(C)c3)cn([C@@H](C)c3ccccn3)c2n1. The Morgan fingerprint density at radius 3 is 1.10 bits per heavy atom. The molecule has 0 spiro atoms. The normalized spacial score (nSPS) is 12.5. The molecule has 0 aliphatic rings. The van der Waals surface area contributed by atoms with Gasteiger partial charge in [-0.3, -0.25) is 34.4 Å². The van der Waals surface area contributed by atoms with Crippen LogP contribution in [0.4, 0.5) is 0 Å². The first-order valence-electron chi connectivity index (χ1n) is 40.1. The van der Waals surface area contributed by atoms with E-state index in [2.05, 4.69) is 124 Å². The summed E-state index contributed by atoms with van der Waals surface area (Å²) in [4.78, 5) is 86.2. The van der Waals surface area contributed by atoms with E-state index in [0.717, 1.165) is 163 Å². The number of rotatable bonds is 18. The molecule has 0 amide bonds. The number of aryl methyl sites for hydroxylation is 8. The fourth-order valence-corrected chi connectivity index (χ4v) is 15.2. The summed E-state index contributed by atoms with van der Waals surface area (Å²) in [6.07, 6.45) is 32.9. The van der Waals surface area contributed by atoms with Crippen LogP contribution in [0.5, 0.6) is 6.01 Å². The number of nitrogens with two attached hydrogens (primary N) is 1. The van der Waals surface area contributed by atoms with Gasteiger partial charge in [-0.15, -0.1) is 0 Å². The van der Waals surface area contributed by atoms with E-state index >= 15 is 0 Å². The Morgan fingerprint density at radius 1 is 0.416 bits per heavy atom. The molecule has 0 radical (unpaired) electrons. The van der Waals surface area contributed by atoms with E-state index in [1.165, 1.54) is 14.0 Å². The zero-order chi connectivity index (χ0) is 87.4. The summed E-state index contributed by atoms with van der Waals surface area (Å²) >= 11 is 0. The van der Waals surface area contributed by atoms with Crippen LogP contribution in [0.15, 0.2) is 228 Å². The average Bonchev–Trinajstić information content (AvgIpc) is 1.60. The summed E-state index contributed by atoms with van der Waals surface area (Å²) in [7, 11) is 3.42. The van der Waals surface area contributed by atoms with Gasteiger partial charge in [0, 0.05) is 144 Å². The molecule has 0 saturated carbocycles. The predicted molar refractivity (Wildman–Crippen MR) is 470 cm³/mol. The second-order valence-corrected chi connectivity index (χ2v) is 30.0. The van der Waals surface area contributed by atoms with Crippen LogP contribution < -0.4 is 10.5 Å². The minimum Gasteiger partial charge on any atom is -0.467 e. The maximum atomic E-state index is 12.2. The molecule has 0 aromatic carbocycles. The van der Waals surface area contributed by atoms with Gasteiger partial charge in [-0.1, -0.05) is 45.8 Å². The molecule has 0 saturated heterocycles. The number of nitriles is 1. The number of fused-ring (bicyclic) bond motifs is 4. The quantitative estimate of drug-likeness (QED) is 0.0780. The second kappa shape index (κ2) is 35.2. The molecule has 19 rings (SSSR count). The van der Waals surface area contributed by atoms with Gasteiger partial charge in [0.15, 0.2) is 28.4 Å². The summed E-state index contributed by atoms with van der Waals surface area (Å²) in [5.41, 5.74) is 32.6. The lowest BCUT2D eigenvalue weighted by Gasteiger charge is -2.14. The summed E-state index contributed by atoms with van der Waals surface area (Å²) in [6.45, 7) is 24.8. The first-order valence-corrected chi connectivity index (χ1v) is 40.1. The number of allylic oxidation sites excluding steroid dienone is 2. The van der Waals surface area contributed by atoms with E-state index in [9.17, 15) is 4.79 Å². The number of hydrogen-bond acceptors (Lipinski definition) is 27. The molecular formula is C93H85N27O5. The van der Waals surface area contributed by atoms with Crippen molar-refractivity contribution in [2.75, 3.05) is 7.11 Å². The molecular weight excluding hydrogens is 1580 g/mol. The lowest BCUT2D eigenvalue weighted by Crippen LogP contribution is -2.10. The van der Waals surface area contributed by atoms with Crippen molar-refractivity contribution < 1.29 is 23.1 Å². The number of methoxy groups -OCH3 is 1. The molecule has 19 aromatic heterocycles. The number of Topliss-reactive ketones (excluding diaryl/α,β-unsaturated/α-hetero) is 1. The molecule has 4 atom stereocenters. The van der Waals surface area contributed by atoms with E-state index in [0.29, 0.717) is 45.3 Å². The van der Waals surface area contributed by atoms with Crippen LogP contribution in [0.25, 0.3) is 129 Å². The summed E-state index contributed by atoms with van der Waals surface area (Å²) in [6, 6.07) is 33.2. The third-order valence-electron chi connectivity index (χ3n) is 21.6. The van der Waals surface area contributed by atoms with Crippen LogP contribution in [0.2, 0.25) is 0 Å². The maximum Gasteiger partial charge on any atom is 0.316 e.